The van der Waals surface area contributed by atoms with Crippen LogP contribution in [0.3, 0.4) is 0 Å². The Morgan fingerprint density at radius 1 is 1.33 bits per heavy atom. The number of ether oxygens (including phenoxy) is 1. The van der Waals surface area contributed by atoms with E-state index in [0.29, 0.717) is 12.6 Å². The number of nitrogens with one attached hydrogen (secondary N) is 2. The van der Waals surface area contributed by atoms with Crippen LogP contribution in [0.1, 0.15) is 59.6 Å². The van der Waals surface area contributed by atoms with E-state index in [4.69, 9.17) is 9.73 Å². The van der Waals surface area contributed by atoms with E-state index >= 15 is 0 Å². The minimum absolute atomic E-state index is 0. The van der Waals surface area contributed by atoms with Crippen molar-refractivity contribution in [3.63, 3.8) is 0 Å². The van der Waals surface area contributed by atoms with Crippen molar-refractivity contribution in [2.24, 2.45) is 4.99 Å². The zero-order chi connectivity index (χ0) is 23.7. The van der Waals surface area contributed by atoms with E-state index in [-0.39, 0.29) is 36.1 Å². The molecule has 1 fully saturated rings. The number of aryl methyl sites for hydroxylation is 1. The summed E-state index contributed by atoms with van der Waals surface area (Å²) in [6.07, 6.45) is 2.55. The minimum Gasteiger partial charge on any atom is -0.444 e. The molecule has 2 N–H and O–H groups in total. The number of hydrogen-bond acceptors (Lipinski definition) is 5. The molecule has 1 aromatic rings. The van der Waals surface area contributed by atoms with Crippen LogP contribution < -0.4 is 15.5 Å². The SMILES string of the molecule is CCNC(=NCCC(C)N(C)C(=O)OC(C)(C)C)NC1CCN(c2cccc(C)n2)CC1.I. The van der Waals surface area contributed by atoms with Crippen LogP contribution in [0.15, 0.2) is 23.2 Å². The fraction of sp³-hybridized carbons (Fsp3) is 0.708. The molecule has 1 atom stereocenters. The number of halogens is 1. The maximum absolute atomic E-state index is 12.2. The maximum Gasteiger partial charge on any atom is 0.410 e. The van der Waals surface area contributed by atoms with Crippen LogP contribution in [0.4, 0.5) is 10.6 Å². The molecular weight excluding hydrogens is 531 g/mol. The zero-order valence-electron chi connectivity index (χ0n) is 21.4. The summed E-state index contributed by atoms with van der Waals surface area (Å²) in [5.74, 6) is 1.90. The van der Waals surface area contributed by atoms with E-state index in [1.54, 1.807) is 11.9 Å². The number of carbonyl (C=O) groups is 1. The first kappa shape index (κ1) is 29.3. The number of hydrogen-bond donors (Lipinski definition) is 2. The predicted octanol–water partition coefficient (Wildman–Crippen LogP) is 4.18. The van der Waals surface area contributed by atoms with Gasteiger partial charge in [-0.3, -0.25) is 4.99 Å². The fourth-order valence-electron chi connectivity index (χ4n) is 3.54. The summed E-state index contributed by atoms with van der Waals surface area (Å²) >= 11 is 0. The quantitative estimate of drug-likeness (QED) is 0.289. The number of anilines is 1. The van der Waals surface area contributed by atoms with E-state index in [1.807, 2.05) is 40.7 Å². The lowest BCUT2D eigenvalue weighted by Gasteiger charge is -2.34. The molecule has 1 aliphatic heterocycles. The second-order valence-electron chi connectivity index (χ2n) is 9.53. The van der Waals surface area contributed by atoms with Gasteiger partial charge in [0.05, 0.1) is 0 Å². The molecule has 0 saturated carbocycles. The van der Waals surface area contributed by atoms with Crippen molar-refractivity contribution in [3.05, 3.63) is 23.9 Å². The number of guanidine groups is 1. The molecule has 1 unspecified atom stereocenters. The average Bonchev–Trinajstić information content (AvgIpc) is 2.72. The first-order valence-corrected chi connectivity index (χ1v) is 11.8. The van der Waals surface area contributed by atoms with Gasteiger partial charge < -0.3 is 25.2 Å². The Morgan fingerprint density at radius 2 is 2.00 bits per heavy atom. The van der Waals surface area contributed by atoms with Gasteiger partial charge in [-0.15, -0.1) is 24.0 Å². The molecule has 0 radical (unpaired) electrons. The molecule has 1 amide bonds. The molecule has 1 aliphatic rings. The van der Waals surface area contributed by atoms with Crippen LogP contribution in [-0.4, -0.2) is 72.8 Å². The van der Waals surface area contributed by atoms with Gasteiger partial charge >= 0.3 is 6.09 Å². The van der Waals surface area contributed by atoms with Crippen LogP contribution in [0.2, 0.25) is 0 Å². The molecule has 2 heterocycles. The van der Waals surface area contributed by atoms with Gasteiger partial charge in [-0.25, -0.2) is 9.78 Å². The Balaban J connectivity index is 0.00000544. The fourth-order valence-corrected chi connectivity index (χ4v) is 3.54. The van der Waals surface area contributed by atoms with E-state index in [9.17, 15) is 4.79 Å². The number of carbonyl (C=O) groups excluding carboxylic acids is 1. The van der Waals surface area contributed by atoms with Gasteiger partial charge in [0, 0.05) is 51.0 Å². The predicted molar refractivity (Wildman–Crippen MR) is 147 cm³/mol. The van der Waals surface area contributed by atoms with Gasteiger partial charge in [0.25, 0.3) is 0 Å². The lowest BCUT2D eigenvalue weighted by Crippen LogP contribution is -2.49. The number of amides is 1. The van der Waals surface area contributed by atoms with E-state index < -0.39 is 5.60 Å². The molecule has 8 nitrogen and oxygen atoms in total. The van der Waals surface area contributed by atoms with Crippen molar-refractivity contribution in [3.8, 4) is 0 Å². The Morgan fingerprint density at radius 3 is 2.58 bits per heavy atom. The van der Waals surface area contributed by atoms with Gasteiger partial charge in [0.2, 0.25) is 0 Å². The van der Waals surface area contributed by atoms with Crippen LogP contribution in [0.5, 0.6) is 0 Å². The Labute approximate surface area is 217 Å². The zero-order valence-corrected chi connectivity index (χ0v) is 23.7. The van der Waals surface area contributed by atoms with Gasteiger partial charge in [-0.2, -0.15) is 0 Å². The third-order valence-corrected chi connectivity index (χ3v) is 5.54. The van der Waals surface area contributed by atoms with Crippen molar-refractivity contribution in [1.82, 2.24) is 20.5 Å². The van der Waals surface area contributed by atoms with Crippen LogP contribution in [0, 0.1) is 6.92 Å². The van der Waals surface area contributed by atoms with Crippen molar-refractivity contribution in [1.29, 1.82) is 0 Å². The van der Waals surface area contributed by atoms with E-state index in [2.05, 4.69) is 39.6 Å². The molecule has 0 aromatic carbocycles. The monoisotopic (exact) mass is 574 g/mol. The second kappa shape index (κ2) is 13.8. The highest BCUT2D eigenvalue weighted by atomic mass is 127. The van der Waals surface area contributed by atoms with Gasteiger partial charge in [-0.1, -0.05) is 6.07 Å². The minimum atomic E-state index is -0.490. The summed E-state index contributed by atoms with van der Waals surface area (Å²) in [7, 11) is 1.78. The summed E-state index contributed by atoms with van der Waals surface area (Å²) in [4.78, 5) is 25.6. The molecule has 0 aliphatic carbocycles. The number of rotatable bonds is 7. The highest BCUT2D eigenvalue weighted by Gasteiger charge is 2.23. The Hall–Kier alpha value is -1.78. The Kier molecular flexibility index (Phi) is 12.2. The summed E-state index contributed by atoms with van der Waals surface area (Å²) in [5.41, 5.74) is 0.562. The van der Waals surface area contributed by atoms with Crippen molar-refractivity contribution in [2.75, 3.05) is 38.1 Å². The van der Waals surface area contributed by atoms with Crippen molar-refractivity contribution in [2.45, 2.75) is 78.5 Å². The number of aromatic nitrogens is 1. The highest BCUT2D eigenvalue weighted by molar-refractivity contribution is 14.0. The molecule has 1 saturated heterocycles. The summed E-state index contributed by atoms with van der Waals surface area (Å²) < 4.78 is 5.45. The van der Waals surface area contributed by atoms with Gasteiger partial charge in [0.1, 0.15) is 11.4 Å². The highest BCUT2D eigenvalue weighted by Crippen LogP contribution is 2.18. The summed E-state index contributed by atoms with van der Waals surface area (Å²) in [6.45, 7) is 15.2. The summed E-state index contributed by atoms with van der Waals surface area (Å²) in [6, 6.07) is 6.61. The normalized spacial score (nSPS) is 16.0. The molecule has 1 aromatic heterocycles. The molecule has 33 heavy (non-hydrogen) atoms. The summed E-state index contributed by atoms with van der Waals surface area (Å²) in [5, 5.41) is 6.93. The largest absolute Gasteiger partial charge is 0.444 e. The molecular formula is C24H43IN6O2. The lowest BCUT2D eigenvalue weighted by atomic mass is 10.1. The van der Waals surface area contributed by atoms with E-state index in [1.165, 1.54) is 0 Å². The number of aliphatic imine (C=N–C) groups is 1. The number of pyridine rings is 1. The number of nitrogens with zero attached hydrogens (tertiary/aromatic N) is 4. The van der Waals surface area contributed by atoms with Crippen LogP contribution in [0.25, 0.3) is 0 Å². The van der Waals surface area contributed by atoms with Gasteiger partial charge in [-0.05, 0) is 72.9 Å². The average molecular weight is 575 g/mol. The second-order valence-corrected chi connectivity index (χ2v) is 9.53. The molecule has 0 spiro atoms. The molecule has 9 heteroatoms. The smallest absolute Gasteiger partial charge is 0.410 e. The molecule has 0 bridgehead atoms. The first-order valence-electron chi connectivity index (χ1n) is 11.8. The first-order chi connectivity index (χ1) is 15.1. The maximum atomic E-state index is 12.2. The van der Waals surface area contributed by atoms with Gasteiger partial charge in [0.15, 0.2) is 5.96 Å². The Bertz CT molecular complexity index is 760. The molecule has 2 rings (SSSR count). The lowest BCUT2D eigenvalue weighted by molar-refractivity contribution is 0.0231. The number of piperidine rings is 1. The topological polar surface area (TPSA) is 82.1 Å². The molecule has 188 valence electrons. The van der Waals surface area contributed by atoms with Crippen LogP contribution in [-0.2, 0) is 4.74 Å². The van der Waals surface area contributed by atoms with Crippen molar-refractivity contribution >= 4 is 41.8 Å². The van der Waals surface area contributed by atoms with E-state index in [0.717, 1.165) is 56.4 Å². The van der Waals surface area contributed by atoms with Crippen molar-refractivity contribution < 1.29 is 9.53 Å². The third kappa shape index (κ3) is 10.4. The standard InChI is InChI=1S/C24H42N6O2.HI/c1-8-25-22(26-15-12-19(3)29(7)23(31)32-24(4,5)6)28-20-13-16-30(17-14-20)21-11-9-10-18(2)27-21;/h9-11,19-20H,8,12-17H2,1-7H3,(H2,25,26,28);1H. The van der Waals surface area contributed by atoms with Crippen LogP contribution >= 0.6 is 24.0 Å². The third-order valence-electron chi connectivity index (χ3n) is 5.54.